The van der Waals surface area contributed by atoms with Crippen molar-refractivity contribution in [3.63, 3.8) is 0 Å². The highest BCUT2D eigenvalue weighted by Gasteiger charge is 2.13. The van der Waals surface area contributed by atoms with Crippen molar-refractivity contribution < 1.29 is 13.7 Å². The smallest absolute Gasteiger partial charge is 0.141 e. The van der Waals surface area contributed by atoms with E-state index in [-0.39, 0.29) is 16.8 Å². The first-order valence-corrected chi connectivity index (χ1v) is 7.34. The Kier molecular flexibility index (Phi) is 6.21. The van der Waals surface area contributed by atoms with E-state index in [0.717, 1.165) is 0 Å². The van der Waals surface area contributed by atoms with Gasteiger partial charge in [-0.1, -0.05) is 25.4 Å². The maximum absolute atomic E-state index is 12.9. The van der Waals surface area contributed by atoms with E-state index < -0.39 is 22.7 Å². The zero-order valence-corrected chi connectivity index (χ0v) is 11.9. The minimum Gasteiger partial charge on any atom is -0.391 e. The van der Waals surface area contributed by atoms with E-state index in [4.69, 9.17) is 11.6 Å². The quantitative estimate of drug-likeness (QED) is 0.843. The number of aliphatic hydroxyl groups excluding tert-OH is 1. The van der Waals surface area contributed by atoms with E-state index in [0.29, 0.717) is 11.4 Å². The number of rotatable bonds is 6. The van der Waals surface area contributed by atoms with Gasteiger partial charge in [-0.3, -0.25) is 4.21 Å². The molecule has 1 rings (SSSR count). The van der Waals surface area contributed by atoms with Crippen LogP contribution in [-0.4, -0.2) is 33.8 Å². The molecule has 1 aromatic rings. The van der Waals surface area contributed by atoms with Gasteiger partial charge in [-0.05, 0) is 18.2 Å². The number of aliphatic hydroxyl groups is 1. The molecule has 3 nitrogen and oxygen atoms in total. The van der Waals surface area contributed by atoms with Crippen LogP contribution in [0.2, 0.25) is 5.02 Å². The lowest BCUT2D eigenvalue weighted by Crippen LogP contribution is -2.34. The van der Waals surface area contributed by atoms with E-state index in [1.165, 1.54) is 18.2 Å². The van der Waals surface area contributed by atoms with Crippen LogP contribution >= 0.6 is 11.6 Å². The van der Waals surface area contributed by atoms with Gasteiger partial charge in [-0.2, -0.15) is 0 Å². The molecule has 0 radical (unpaired) electrons. The van der Waals surface area contributed by atoms with E-state index in [9.17, 15) is 13.7 Å². The molecule has 0 fully saturated rings. The molecule has 102 valence electrons. The summed E-state index contributed by atoms with van der Waals surface area (Å²) in [4.78, 5) is 0.421. The number of benzene rings is 1. The first-order valence-electron chi connectivity index (χ1n) is 5.65. The summed E-state index contributed by atoms with van der Waals surface area (Å²) in [5.41, 5.74) is 0. The van der Waals surface area contributed by atoms with Gasteiger partial charge >= 0.3 is 0 Å². The van der Waals surface area contributed by atoms with Crippen LogP contribution in [0.15, 0.2) is 23.1 Å². The SMILES string of the molecule is CC(C)NCC(O)CS(=O)c1ccc(F)c(Cl)c1. The summed E-state index contributed by atoms with van der Waals surface area (Å²) < 4.78 is 24.8. The Labute approximate surface area is 114 Å². The minimum absolute atomic E-state index is 0.0596. The summed E-state index contributed by atoms with van der Waals surface area (Å²) in [7, 11) is -1.39. The van der Waals surface area contributed by atoms with Gasteiger partial charge in [0.05, 0.1) is 27.7 Å². The van der Waals surface area contributed by atoms with Gasteiger partial charge in [0.1, 0.15) is 5.82 Å². The van der Waals surface area contributed by atoms with Gasteiger partial charge in [0, 0.05) is 17.5 Å². The Morgan fingerprint density at radius 3 is 2.72 bits per heavy atom. The highest BCUT2D eigenvalue weighted by atomic mass is 35.5. The maximum atomic E-state index is 12.9. The van der Waals surface area contributed by atoms with E-state index in [1.54, 1.807) is 0 Å². The van der Waals surface area contributed by atoms with E-state index in [1.807, 2.05) is 13.8 Å². The predicted octanol–water partition coefficient (Wildman–Crippen LogP) is 1.95. The van der Waals surface area contributed by atoms with Gasteiger partial charge in [-0.15, -0.1) is 0 Å². The first-order chi connectivity index (χ1) is 8.40. The molecule has 0 saturated carbocycles. The minimum atomic E-state index is -1.39. The molecule has 0 spiro atoms. The second-order valence-electron chi connectivity index (χ2n) is 4.30. The first kappa shape index (κ1) is 15.6. The van der Waals surface area contributed by atoms with Crippen LogP contribution in [0, 0.1) is 5.82 Å². The lowest BCUT2D eigenvalue weighted by atomic mass is 10.3. The van der Waals surface area contributed by atoms with Gasteiger partial charge in [0.15, 0.2) is 0 Å². The molecule has 0 saturated heterocycles. The molecule has 2 N–H and O–H groups in total. The molecule has 0 aromatic heterocycles. The van der Waals surface area contributed by atoms with Crippen LogP contribution in [0.4, 0.5) is 4.39 Å². The monoisotopic (exact) mass is 293 g/mol. The summed E-state index contributed by atoms with van der Waals surface area (Å²) in [5, 5.41) is 12.7. The largest absolute Gasteiger partial charge is 0.391 e. The molecule has 0 bridgehead atoms. The van der Waals surface area contributed by atoms with Gasteiger partial charge in [-0.25, -0.2) is 4.39 Å². The van der Waals surface area contributed by atoms with Crippen molar-refractivity contribution in [2.45, 2.75) is 30.9 Å². The second-order valence-corrected chi connectivity index (χ2v) is 6.21. The Morgan fingerprint density at radius 1 is 1.50 bits per heavy atom. The lowest BCUT2D eigenvalue weighted by molar-refractivity contribution is 0.191. The normalized spacial score (nSPS) is 14.8. The Morgan fingerprint density at radius 2 is 2.17 bits per heavy atom. The third-order valence-electron chi connectivity index (χ3n) is 2.26. The summed E-state index contributed by atoms with van der Waals surface area (Å²) >= 11 is 5.61. The molecule has 0 heterocycles. The standard InChI is InChI=1S/C12H17ClFNO2S/c1-8(2)15-6-9(16)7-18(17)10-3-4-12(14)11(13)5-10/h3-5,8-9,15-16H,6-7H2,1-2H3. The zero-order chi connectivity index (χ0) is 13.7. The summed E-state index contributed by atoms with van der Waals surface area (Å²) in [6.07, 6.45) is -0.711. The lowest BCUT2D eigenvalue weighted by Gasteiger charge is -2.13. The molecule has 1 aromatic carbocycles. The Hall–Kier alpha value is -0.490. The fourth-order valence-electron chi connectivity index (χ4n) is 1.32. The molecule has 2 unspecified atom stereocenters. The molecule has 0 aliphatic rings. The third-order valence-corrected chi connectivity index (χ3v) is 4.02. The molecular weight excluding hydrogens is 277 g/mol. The van der Waals surface area contributed by atoms with Crippen molar-refractivity contribution in [3.8, 4) is 0 Å². The van der Waals surface area contributed by atoms with Crippen LogP contribution < -0.4 is 5.32 Å². The maximum Gasteiger partial charge on any atom is 0.141 e. The fourth-order valence-corrected chi connectivity index (χ4v) is 2.69. The van der Waals surface area contributed by atoms with Crippen molar-refractivity contribution in [1.29, 1.82) is 0 Å². The van der Waals surface area contributed by atoms with Crippen molar-refractivity contribution in [2.24, 2.45) is 0 Å². The van der Waals surface area contributed by atoms with Crippen molar-refractivity contribution in [3.05, 3.63) is 29.0 Å². The average Bonchev–Trinajstić information content (AvgIpc) is 2.30. The Bertz CT molecular complexity index is 429. The Balaban J connectivity index is 2.56. The van der Waals surface area contributed by atoms with Crippen LogP contribution in [0.25, 0.3) is 0 Å². The van der Waals surface area contributed by atoms with Crippen LogP contribution in [-0.2, 0) is 10.8 Å². The zero-order valence-electron chi connectivity index (χ0n) is 10.3. The number of nitrogens with one attached hydrogen (secondary N) is 1. The molecule has 2 atom stereocenters. The summed E-state index contributed by atoms with van der Waals surface area (Å²) in [6.45, 7) is 4.30. The summed E-state index contributed by atoms with van der Waals surface area (Å²) in [5.74, 6) is -0.443. The average molecular weight is 294 g/mol. The topological polar surface area (TPSA) is 49.3 Å². The summed E-state index contributed by atoms with van der Waals surface area (Å²) in [6, 6.07) is 4.18. The number of hydrogen-bond donors (Lipinski definition) is 2. The molecule has 0 amide bonds. The fraction of sp³-hybridized carbons (Fsp3) is 0.500. The highest BCUT2D eigenvalue weighted by molar-refractivity contribution is 7.85. The van der Waals surface area contributed by atoms with Gasteiger partial charge < -0.3 is 10.4 Å². The molecule has 0 aliphatic carbocycles. The second kappa shape index (κ2) is 7.19. The number of hydrogen-bond acceptors (Lipinski definition) is 3. The molecule has 18 heavy (non-hydrogen) atoms. The highest BCUT2D eigenvalue weighted by Crippen LogP contribution is 2.18. The van der Waals surface area contributed by atoms with Gasteiger partial charge in [0.2, 0.25) is 0 Å². The van der Waals surface area contributed by atoms with Crippen LogP contribution in [0.5, 0.6) is 0 Å². The van der Waals surface area contributed by atoms with E-state index >= 15 is 0 Å². The number of halogens is 2. The molecule has 0 aliphatic heterocycles. The molecule has 6 heteroatoms. The van der Waals surface area contributed by atoms with E-state index in [2.05, 4.69) is 5.32 Å². The van der Waals surface area contributed by atoms with Crippen molar-refractivity contribution >= 4 is 22.4 Å². The predicted molar refractivity (Wildman–Crippen MR) is 71.8 cm³/mol. The van der Waals surface area contributed by atoms with Crippen LogP contribution in [0.1, 0.15) is 13.8 Å². The molecular formula is C12H17ClFNO2S. The van der Waals surface area contributed by atoms with Gasteiger partial charge in [0.25, 0.3) is 0 Å². The van der Waals surface area contributed by atoms with Crippen molar-refractivity contribution in [2.75, 3.05) is 12.3 Å². The van der Waals surface area contributed by atoms with Crippen molar-refractivity contribution in [1.82, 2.24) is 5.32 Å². The van der Waals surface area contributed by atoms with Crippen LogP contribution in [0.3, 0.4) is 0 Å². The third kappa shape index (κ3) is 5.02.